The number of ether oxygens (including phenoxy) is 2. The molecule has 1 heterocycles. The fourth-order valence-electron chi connectivity index (χ4n) is 4.62. The van der Waals surface area contributed by atoms with Crippen LogP contribution < -0.4 is 14.4 Å². The molecule has 3 aromatic rings. The van der Waals surface area contributed by atoms with E-state index in [0.717, 1.165) is 41.0 Å². The van der Waals surface area contributed by atoms with E-state index in [1.165, 1.54) is 18.4 Å². The van der Waals surface area contributed by atoms with E-state index in [0.29, 0.717) is 10.8 Å². The zero-order chi connectivity index (χ0) is 25.9. The van der Waals surface area contributed by atoms with Crippen molar-refractivity contribution in [1.29, 1.82) is 0 Å². The molecule has 1 aliphatic rings. The van der Waals surface area contributed by atoms with Crippen LogP contribution in [0.2, 0.25) is 5.02 Å². The zero-order valence-corrected chi connectivity index (χ0v) is 21.6. The predicted molar refractivity (Wildman–Crippen MR) is 144 cm³/mol. The van der Waals surface area contributed by atoms with E-state index in [2.05, 4.69) is 31.7 Å². The van der Waals surface area contributed by atoms with E-state index in [1.807, 2.05) is 36.4 Å². The standard InChI is InChI=1S/C29H32ClNO5/c1-29(2,3)24-17-21(18-25(30)27(24)31-12-4-5-13-31)23-16-20(8-11-26(23)35-15-14-32)19-6-9-22(10-7-19)36-28(33)34/h6-11,16-18,32H,4-5,12-15H2,1-3H3,(H,33,34). The number of aliphatic hydroxyl groups is 1. The minimum Gasteiger partial charge on any atom is -0.491 e. The molecular weight excluding hydrogens is 478 g/mol. The number of halogens is 1. The van der Waals surface area contributed by atoms with Crippen molar-refractivity contribution in [2.75, 3.05) is 31.2 Å². The normalized spacial score (nSPS) is 13.6. The van der Waals surface area contributed by atoms with Crippen LogP contribution in [-0.2, 0) is 5.41 Å². The van der Waals surface area contributed by atoms with Crippen molar-refractivity contribution < 1.29 is 24.5 Å². The van der Waals surface area contributed by atoms with Crippen LogP contribution in [0.3, 0.4) is 0 Å². The SMILES string of the molecule is CC(C)(C)c1cc(-c2cc(-c3ccc(OC(=O)O)cc3)ccc2OCCO)cc(Cl)c1N1CCCC1. The van der Waals surface area contributed by atoms with E-state index >= 15 is 0 Å². The number of carboxylic acid groups (broad SMARTS) is 1. The highest BCUT2D eigenvalue weighted by Crippen LogP contribution is 2.44. The van der Waals surface area contributed by atoms with Gasteiger partial charge in [0.05, 0.1) is 17.3 Å². The Hall–Kier alpha value is -3.22. The van der Waals surface area contributed by atoms with Crippen LogP contribution in [0.1, 0.15) is 39.2 Å². The molecule has 0 aliphatic carbocycles. The molecule has 1 aliphatic heterocycles. The lowest BCUT2D eigenvalue weighted by molar-refractivity contribution is 0.144. The highest BCUT2D eigenvalue weighted by molar-refractivity contribution is 6.34. The molecule has 0 saturated carbocycles. The first-order valence-electron chi connectivity index (χ1n) is 12.2. The minimum absolute atomic E-state index is 0.0892. The van der Waals surface area contributed by atoms with Gasteiger partial charge in [-0.1, -0.05) is 50.6 Å². The quantitative estimate of drug-likeness (QED) is 0.263. The molecule has 1 fully saturated rings. The first kappa shape index (κ1) is 25.9. The molecule has 0 aromatic heterocycles. The lowest BCUT2D eigenvalue weighted by Gasteiger charge is -2.30. The highest BCUT2D eigenvalue weighted by Gasteiger charge is 2.27. The van der Waals surface area contributed by atoms with Crippen LogP contribution in [-0.4, -0.2) is 42.7 Å². The van der Waals surface area contributed by atoms with Crippen LogP contribution in [0.25, 0.3) is 22.3 Å². The molecular formula is C29H32ClNO5. The van der Waals surface area contributed by atoms with Gasteiger partial charge in [0.25, 0.3) is 0 Å². The van der Waals surface area contributed by atoms with Gasteiger partial charge in [0.15, 0.2) is 0 Å². The van der Waals surface area contributed by atoms with Crippen LogP contribution in [0.5, 0.6) is 11.5 Å². The third-order valence-corrected chi connectivity index (χ3v) is 6.61. The van der Waals surface area contributed by atoms with E-state index in [9.17, 15) is 9.90 Å². The Morgan fingerprint density at radius 3 is 2.25 bits per heavy atom. The first-order valence-corrected chi connectivity index (χ1v) is 12.5. The van der Waals surface area contributed by atoms with Crippen molar-refractivity contribution >= 4 is 23.4 Å². The summed E-state index contributed by atoms with van der Waals surface area (Å²) < 4.78 is 10.6. The van der Waals surface area contributed by atoms with Gasteiger partial charge < -0.3 is 24.6 Å². The summed E-state index contributed by atoms with van der Waals surface area (Å²) in [7, 11) is 0. The second-order valence-corrected chi connectivity index (χ2v) is 10.4. The Labute approximate surface area is 217 Å². The van der Waals surface area contributed by atoms with Crippen molar-refractivity contribution in [2.45, 2.75) is 39.0 Å². The Morgan fingerprint density at radius 1 is 0.972 bits per heavy atom. The monoisotopic (exact) mass is 509 g/mol. The number of benzene rings is 3. The number of nitrogens with zero attached hydrogens (tertiary/aromatic N) is 1. The summed E-state index contributed by atoms with van der Waals surface area (Å²) in [5.74, 6) is 0.914. The second-order valence-electron chi connectivity index (χ2n) is 9.97. The van der Waals surface area contributed by atoms with Crippen molar-refractivity contribution in [2.24, 2.45) is 0 Å². The van der Waals surface area contributed by atoms with E-state index in [4.69, 9.17) is 26.2 Å². The lowest BCUT2D eigenvalue weighted by Crippen LogP contribution is -2.24. The number of rotatable bonds is 7. The number of anilines is 1. The van der Waals surface area contributed by atoms with Gasteiger partial charge in [-0.05, 0) is 76.9 Å². The fourth-order valence-corrected chi connectivity index (χ4v) is 4.96. The van der Waals surface area contributed by atoms with Gasteiger partial charge in [-0.3, -0.25) is 0 Å². The maximum atomic E-state index is 10.8. The van der Waals surface area contributed by atoms with Gasteiger partial charge in [-0.15, -0.1) is 0 Å². The third kappa shape index (κ3) is 5.77. The van der Waals surface area contributed by atoms with E-state index < -0.39 is 6.16 Å². The molecule has 0 amide bonds. The molecule has 0 unspecified atom stereocenters. The summed E-state index contributed by atoms with van der Waals surface area (Å²) in [5, 5.41) is 18.9. The molecule has 36 heavy (non-hydrogen) atoms. The van der Waals surface area contributed by atoms with E-state index in [1.54, 1.807) is 12.1 Å². The summed E-state index contributed by atoms with van der Waals surface area (Å²) in [6, 6.07) is 16.9. The number of carbonyl (C=O) groups is 1. The molecule has 0 spiro atoms. The molecule has 7 heteroatoms. The fraction of sp³-hybridized carbons (Fsp3) is 0.345. The van der Waals surface area contributed by atoms with Gasteiger partial charge in [-0.25, -0.2) is 4.79 Å². The van der Waals surface area contributed by atoms with Crippen molar-refractivity contribution in [1.82, 2.24) is 0 Å². The summed E-state index contributed by atoms with van der Waals surface area (Å²) in [6.07, 6.45) is 0.984. The topological polar surface area (TPSA) is 79.2 Å². The summed E-state index contributed by atoms with van der Waals surface area (Å²) >= 11 is 6.96. The molecule has 0 radical (unpaired) electrons. The van der Waals surface area contributed by atoms with Crippen molar-refractivity contribution in [3.05, 3.63) is 65.2 Å². The molecule has 0 atom stereocenters. The average Bonchev–Trinajstić information content (AvgIpc) is 3.36. The Morgan fingerprint density at radius 2 is 1.64 bits per heavy atom. The molecule has 1 saturated heterocycles. The number of hydrogen-bond acceptors (Lipinski definition) is 5. The second kappa shape index (κ2) is 10.8. The summed E-state index contributed by atoms with van der Waals surface area (Å²) in [6.45, 7) is 8.69. The smallest absolute Gasteiger partial charge is 0.491 e. The predicted octanol–water partition coefficient (Wildman–Crippen LogP) is 7.00. The number of hydrogen-bond donors (Lipinski definition) is 2. The van der Waals surface area contributed by atoms with Gasteiger partial charge in [0.2, 0.25) is 0 Å². The minimum atomic E-state index is -1.35. The van der Waals surface area contributed by atoms with E-state index in [-0.39, 0.29) is 24.4 Å². The van der Waals surface area contributed by atoms with Crippen LogP contribution in [0.15, 0.2) is 54.6 Å². The summed E-state index contributed by atoms with van der Waals surface area (Å²) in [5.41, 5.74) is 5.80. The Kier molecular flexibility index (Phi) is 7.76. The van der Waals surface area contributed by atoms with Gasteiger partial charge in [0, 0.05) is 18.7 Å². The first-order chi connectivity index (χ1) is 17.2. The largest absolute Gasteiger partial charge is 0.511 e. The Balaban J connectivity index is 1.82. The van der Waals surface area contributed by atoms with Crippen LogP contribution in [0.4, 0.5) is 10.5 Å². The highest BCUT2D eigenvalue weighted by atomic mass is 35.5. The zero-order valence-electron chi connectivity index (χ0n) is 20.9. The molecule has 6 nitrogen and oxygen atoms in total. The lowest BCUT2D eigenvalue weighted by atomic mass is 9.83. The third-order valence-electron chi connectivity index (χ3n) is 6.33. The van der Waals surface area contributed by atoms with Crippen LogP contribution in [0, 0.1) is 0 Å². The summed E-state index contributed by atoms with van der Waals surface area (Å²) in [4.78, 5) is 13.2. The molecule has 0 bridgehead atoms. The molecule has 190 valence electrons. The maximum Gasteiger partial charge on any atom is 0.511 e. The Bertz CT molecular complexity index is 1230. The molecule has 2 N–H and O–H groups in total. The van der Waals surface area contributed by atoms with Crippen LogP contribution >= 0.6 is 11.6 Å². The van der Waals surface area contributed by atoms with Gasteiger partial charge in [-0.2, -0.15) is 0 Å². The maximum absolute atomic E-state index is 10.8. The van der Waals surface area contributed by atoms with Gasteiger partial charge >= 0.3 is 6.16 Å². The van der Waals surface area contributed by atoms with Gasteiger partial charge in [0.1, 0.15) is 18.1 Å². The molecule has 4 rings (SSSR count). The van der Waals surface area contributed by atoms with Crippen molar-refractivity contribution in [3.8, 4) is 33.8 Å². The average molecular weight is 510 g/mol. The number of aliphatic hydroxyl groups excluding tert-OH is 1. The van der Waals surface area contributed by atoms with Crippen molar-refractivity contribution in [3.63, 3.8) is 0 Å². The molecule has 3 aromatic carbocycles.